The summed E-state index contributed by atoms with van der Waals surface area (Å²) in [6.45, 7) is 9.58. The minimum atomic E-state index is -1.59. The standard InChI is InChI=1S/C39H66O14/c1-17(2)6-9-24(43)18(3)29-25(50-36-34(48)32(46)30(44)26(15-40)51-36)14-23-21-8-7-19-12-20(42)13-28(39(19,5)22(21)10-11-38(23,29)4)53-37-35(49)33(47)31(45)27(16-41)52-37/h7,17-18,20-37,40-49H,6,8-16H2,1-5H3/t18-,20-,21?,22?,23?,24?,25?,26?,27?,28?,29?,30-,31+,32?,33?,34?,35?,36+,37+,38+,39+/m1/s1. The van der Waals surface area contributed by atoms with E-state index in [1.807, 2.05) is 0 Å². The summed E-state index contributed by atoms with van der Waals surface area (Å²) in [5, 5.41) is 106. The first-order valence-electron chi connectivity index (χ1n) is 19.9. The monoisotopic (exact) mass is 758 g/mol. The van der Waals surface area contributed by atoms with Crippen molar-refractivity contribution in [3.05, 3.63) is 11.6 Å². The Morgan fingerprint density at radius 1 is 0.774 bits per heavy atom. The van der Waals surface area contributed by atoms with Crippen molar-refractivity contribution in [2.45, 2.75) is 172 Å². The number of ether oxygens (including phenoxy) is 4. The molecular formula is C39H66O14. The van der Waals surface area contributed by atoms with Gasteiger partial charge >= 0.3 is 0 Å². The number of hydrogen-bond donors (Lipinski definition) is 10. The maximum atomic E-state index is 11.6. The number of rotatable bonds is 11. The number of hydrogen-bond acceptors (Lipinski definition) is 14. The molecule has 5 fully saturated rings. The Bertz CT molecular complexity index is 1260. The fourth-order valence-electron chi connectivity index (χ4n) is 11.7. The summed E-state index contributed by atoms with van der Waals surface area (Å²) in [6.07, 6.45) is -9.27. The van der Waals surface area contributed by atoms with Crippen molar-refractivity contribution in [2.24, 2.45) is 46.3 Å². The fourth-order valence-corrected chi connectivity index (χ4v) is 11.7. The van der Waals surface area contributed by atoms with Crippen LogP contribution in [0.5, 0.6) is 0 Å². The molecule has 0 aromatic heterocycles. The van der Waals surface area contributed by atoms with Gasteiger partial charge in [0, 0.05) is 11.8 Å². The largest absolute Gasteiger partial charge is 0.394 e. The van der Waals surface area contributed by atoms with Gasteiger partial charge in [0.1, 0.15) is 48.8 Å². The Kier molecular flexibility index (Phi) is 12.8. The Hall–Kier alpha value is -0.820. The molecule has 21 atom stereocenters. The summed E-state index contributed by atoms with van der Waals surface area (Å²) in [7, 11) is 0. The molecule has 2 saturated heterocycles. The first kappa shape index (κ1) is 41.8. The number of aliphatic hydroxyl groups is 10. The highest BCUT2D eigenvalue weighted by atomic mass is 16.7. The van der Waals surface area contributed by atoms with Gasteiger partial charge in [0.15, 0.2) is 12.6 Å². The number of fused-ring (bicyclic) bond motifs is 5. The Morgan fingerprint density at radius 3 is 1.92 bits per heavy atom. The van der Waals surface area contributed by atoms with E-state index in [4.69, 9.17) is 18.9 Å². The molecule has 6 aliphatic rings. The summed E-state index contributed by atoms with van der Waals surface area (Å²) in [4.78, 5) is 0. The molecule has 13 unspecified atom stereocenters. The summed E-state index contributed by atoms with van der Waals surface area (Å²) >= 11 is 0. The average Bonchev–Trinajstić information content (AvgIpc) is 3.42. The van der Waals surface area contributed by atoms with Crippen LogP contribution in [0.3, 0.4) is 0 Å². The molecule has 4 aliphatic carbocycles. The highest BCUT2D eigenvalue weighted by molar-refractivity contribution is 5.28. The predicted molar refractivity (Wildman–Crippen MR) is 188 cm³/mol. The van der Waals surface area contributed by atoms with E-state index in [0.717, 1.165) is 31.3 Å². The molecule has 306 valence electrons. The SMILES string of the molecule is CC(C)CCC(O)[C@@H](C)C1C(O[C@H]2OC(CO)[C@@H](O)C(O)C2O)CC2C3CC=C4C[C@@H](O)CC(O[C@@H]5OC(CO)[C@H](O)C(O)C5O)[C@]4(C)C3CC[C@@]21C. The minimum absolute atomic E-state index is 0.0794. The molecule has 0 amide bonds. The van der Waals surface area contributed by atoms with Crippen LogP contribution < -0.4 is 0 Å². The molecule has 14 heteroatoms. The number of allylic oxidation sites excluding steroid dienone is 1. The highest BCUT2D eigenvalue weighted by Gasteiger charge is 2.65. The lowest BCUT2D eigenvalue weighted by molar-refractivity contribution is -0.324. The van der Waals surface area contributed by atoms with Crippen molar-refractivity contribution in [1.29, 1.82) is 0 Å². The molecule has 3 saturated carbocycles. The molecule has 0 aromatic carbocycles. The van der Waals surface area contributed by atoms with E-state index >= 15 is 0 Å². The van der Waals surface area contributed by atoms with Crippen molar-refractivity contribution in [3.8, 4) is 0 Å². The van der Waals surface area contributed by atoms with Crippen molar-refractivity contribution >= 4 is 0 Å². The lowest BCUT2D eigenvalue weighted by atomic mass is 9.46. The third kappa shape index (κ3) is 7.42. The molecule has 0 aromatic rings. The van der Waals surface area contributed by atoms with Gasteiger partial charge < -0.3 is 70.0 Å². The van der Waals surface area contributed by atoms with Crippen molar-refractivity contribution in [2.75, 3.05) is 13.2 Å². The summed E-state index contributed by atoms with van der Waals surface area (Å²) in [5.41, 5.74) is 0.176. The van der Waals surface area contributed by atoms with Gasteiger partial charge in [-0.1, -0.05) is 46.3 Å². The minimum Gasteiger partial charge on any atom is -0.394 e. The van der Waals surface area contributed by atoms with Crippen LogP contribution >= 0.6 is 0 Å². The van der Waals surface area contributed by atoms with Gasteiger partial charge in [-0.25, -0.2) is 0 Å². The molecular weight excluding hydrogens is 692 g/mol. The van der Waals surface area contributed by atoms with Crippen LogP contribution in [0, 0.1) is 46.3 Å². The lowest BCUT2D eigenvalue weighted by Crippen LogP contribution is -2.62. The number of aliphatic hydroxyl groups excluding tert-OH is 10. The molecule has 0 spiro atoms. The van der Waals surface area contributed by atoms with Crippen molar-refractivity contribution < 1.29 is 70.0 Å². The zero-order chi connectivity index (χ0) is 38.7. The Morgan fingerprint density at radius 2 is 1.36 bits per heavy atom. The summed E-state index contributed by atoms with van der Waals surface area (Å²) < 4.78 is 24.8. The van der Waals surface area contributed by atoms with Crippen LogP contribution in [0.15, 0.2) is 11.6 Å². The van der Waals surface area contributed by atoms with Gasteiger partial charge in [-0.15, -0.1) is 0 Å². The first-order valence-corrected chi connectivity index (χ1v) is 19.9. The van der Waals surface area contributed by atoms with Crippen LogP contribution in [0.1, 0.15) is 86.0 Å². The van der Waals surface area contributed by atoms with E-state index in [1.54, 1.807) is 0 Å². The molecule has 14 nitrogen and oxygen atoms in total. The third-order valence-corrected chi connectivity index (χ3v) is 14.7. The van der Waals surface area contributed by atoms with Crippen LogP contribution in [0.25, 0.3) is 0 Å². The second kappa shape index (κ2) is 16.2. The Balaban J connectivity index is 1.31. The van der Waals surface area contributed by atoms with Crippen molar-refractivity contribution in [1.82, 2.24) is 0 Å². The van der Waals surface area contributed by atoms with Gasteiger partial charge in [-0.05, 0) is 85.9 Å². The van der Waals surface area contributed by atoms with E-state index in [2.05, 4.69) is 40.7 Å². The second-order valence-electron chi connectivity index (χ2n) is 18.1. The van der Waals surface area contributed by atoms with Gasteiger partial charge in [-0.3, -0.25) is 0 Å². The van der Waals surface area contributed by atoms with Crippen LogP contribution in [0.2, 0.25) is 0 Å². The van der Waals surface area contributed by atoms with Crippen LogP contribution in [-0.2, 0) is 18.9 Å². The van der Waals surface area contributed by atoms with Gasteiger partial charge in [0.2, 0.25) is 0 Å². The molecule has 2 aliphatic heterocycles. The fraction of sp³-hybridized carbons (Fsp3) is 0.949. The normalized spacial score (nSPS) is 51.2. The molecule has 0 bridgehead atoms. The van der Waals surface area contributed by atoms with Crippen LogP contribution in [-0.4, -0.2) is 150 Å². The third-order valence-electron chi connectivity index (χ3n) is 14.7. The van der Waals surface area contributed by atoms with Gasteiger partial charge in [0.05, 0.1) is 37.6 Å². The van der Waals surface area contributed by atoms with Crippen molar-refractivity contribution in [3.63, 3.8) is 0 Å². The smallest absolute Gasteiger partial charge is 0.187 e. The summed E-state index contributed by atoms with van der Waals surface area (Å²) in [6, 6.07) is 0. The zero-order valence-corrected chi connectivity index (χ0v) is 31.8. The zero-order valence-electron chi connectivity index (χ0n) is 31.8. The molecule has 2 heterocycles. The average molecular weight is 759 g/mol. The van der Waals surface area contributed by atoms with Gasteiger partial charge in [-0.2, -0.15) is 0 Å². The maximum Gasteiger partial charge on any atom is 0.187 e. The molecule has 53 heavy (non-hydrogen) atoms. The summed E-state index contributed by atoms with van der Waals surface area (Å²) in [5.74, 6) is 0.371. The highest BCUT2D eigenvalue weighted by Crippen LogP contribution is 2.68. The molecule has 10 N–H and O–H groups in total. The van der Waals surface area contributed by atoms with E-state index in [0.29, 0.717) is 25.2 Å². The predicted octanol–water partition coefficient (Wildman–Crippen LogP) is -0.0505. The van der Waals surface area contributed by atoms with Gasteiger partial charge in [0.25, 0.3) is 0 Å². The van der Waals surface area contributed by atoms with E-state index in [-0.39, 0.29) is 41.4 Å². The maximum absolute atomic E-state index is 11.6. The second-order valence-corrected chi connectivity index (χ2v) is 18.1. The Labute approximate surface area is 312 Å². The van der Waals surface area contributed by atoms with E-state index in [9.17, 15) is 51.1 Å². The van der Waals surface area contributed by atoms with E-state index in [1.165, 1.54) is 0 Å². The quantitative estimate of drug-likeness (QED) is 0.124. The first-order chi connectivity index (χ1) is 25.0. The van der Waals surface area contributed by atoms with E-state index < -0.39 is 104 Å². The molecule has 0 radical (unpaired) electrons. The topological polar surface area (TPSA) is 239 Å². The molecule has 6 rings (SSSR count). The van der Waals surface area contributed by atoms with Crippen LogP contribution in [0.4, 0.5) is 0 Å². The lowest BCUT2D eigenvalue weighted by Gasteiger charge is -2.60.